The number of anilines is 1. The summed E-state index contributed by atoms with van der Waals surface area (Å²) in [5.41, 5.74) is 2.68. The van der Waals surface area contributed by atoms with Crippen LogP contribution in [0.5, 0.6) is 0 Å². The van der Waals surface area contributed by atoms with Crippen LogP contribution < -0.4 is 5.32 Å². The molecule has 4 rings (SSSR count). The molecule has 0 amide bonds. The number of alkyl halides is 3. The molecule has 3 aromatic rings. The van der Waals surface area contributed by atoms with Crippen molar-refractivity contribution < 1.29 is 26.0 Å². The number of nitrogens with zero attached hydrogens (tertiary/aromatic N) is 4. The molecule has 1 N–H and O–H groups in total. The van der Waals surface area contributed by atoms with Crippen LogP contribution in [0.2, 0.25) is 0 Å². The van der Waals surface area contributed by atoms with Gasteiger partial charge in [0.2, 0.25) is 5.95 Å². The number of aryl methyl sites for hydroxylation is 1. The van der Waals surface area contributed by atoms with Gasteiger partial charge < -0.3 is 10.2 Å². The quantitative estimate of drug-likeness (QED) is 0.379. The standard InChI is InChI=1S/C26H31F4N5O2S/c1-16-12-22(17-4-5-18(21(27)13-17)15-38(36,37)11-10-26(28,29)30)33-23-14-31-25(34-24(16)23)32-19-6-8-20(9-7-19)35(2)3/h4-5,12-14,19-20H,6-11,15H2,1-3H3,(H,31,32,34). The van der Waals surface area contributed by atoms with Crippen LogP contribution in [0.4, 0.5) is 23.5 Å². The summed E-state index contributed by atoms with van der Waals surface area (Å²) in [6, 6.07) is 6.57. The molecule has 0 radical (unpaired) electrons. The van der Waals surface area contributed by atoms with E-state index in [0.717, 1.165) is 37.3 Å². The van der Waals surface area contributed by atoms with Crippen molar-refractivity contribution in [3.05, 3.63) is 47.4 Å². The molecular formula is C26H31F4N5O2S. The molecule has 0 aliphatic heterocycles. The summed E-state index contributed by atoms with van der Waals surface area (Å²) >= 11 is 0. The highest BCUT2D eigenvalue weighted by Gasteiger charge is 2.30. The molecule has 2 heterocycles. The Kier molecular flexibility index (Phi) is 8.22. The van der Waals surface area contributed by atoms with Crippen LogP contribution in [-0.2, 0) is 15.6 Å². The average molecular weight is 554 g/mol. The van der Waals surface area contributed by atoms with Crippen LogP contribution in [-0.4, -0.2) is 66.4 Å². The predicted octanol–water partition coefficient (Wildman–Crippen LogP) is 5.29. The Hall–Kier alpha value is -2.86. The second-order valence-electron chi connectivity index (χ2n) is 10.1. The van der Waals surface area contributed by atoms with E-state index >= 15 is 0 Å². The van der Waals surface area contributed by atoms with Crippen LogP contribution in [0, 0.1) is 12.7 Å². The van der Waals surface area contributed by atoms with Crippen molar-refractivity contribution in [1.29, 1.82) is 0 Å². The lowest BCUT2D eigenvalue weighted by atomic mass is 9.91. The predicted molar refractivity (Wildman–Crippen MR) is 139 cm³/mol. The van der Waals surface area contributed by atoms with E-state index in [0.29, 0.717) is 40.3 Å². The Labute approximate surface area is 219 Å². The fourth-order valence-electron chi connectivity index (χ4n) is 4.72. The van der Waals surface area contributed by atoms with Gasteiger partial charge in [-0.3, -0.25) is 0 Å². The molecule has 38 heavy (non-hydrogen) atoms. The molecule has 0 bridgehead atoms. The summed E-state index contributed by atoms with van der Waals surface area (Å²) in [4.78, 5) is 15.9. The van der Waals surface area contributed by atoms with Gasteiger partial charge >= 0.3 is 6.18 Å². The molecule has 2 aromatic heterocycles. The number of aromatic nitrogens is 3. The monoisotopic (exact) mass is 553 g/mol. The number of hydrogen-bond donors (Lipinski definition) is 1. The van der Waals surface area contributed by atoms with Crippen LogP contribution >= 0.6 is 0 Å². The molecule has 0 spiro atoms. The Morgan fingerprint density at radius 3 is 2.42 bits per heavy atom. The minimum absolute atomic E-state index is 0.188. The molecule has 1 aliphatic rings. The fourth-order valence-corrected chi connectivity index (χ4v) is 6.12. The van der Waals surface area contributed by atoms with Crippen LogP contribution in [0.3, 0.4) is 0 Å². The molecule has 1 fully saturated rings. The first-order valence-electron chi connectivity index (χ1n) is 12.4. The Morgan fingerprint density at radius 2 is 1.79 bits per heavy atom. The number of rotatable bonds is 8. The van der Waals surface area contributed by atoms with Gasteiger partial charge in [0, 0.05) is 23.2 Å². The van der Waals surface area contributed by atoms with Gasteiger partial charge in [0.15, 0.2) is 9.84 Å². The molecule has 0 saturated heterocycles. The first-order chi connectivity index (χ1) is 17.8. The number of nitrogens with one attached hydrogen (secondary N) is 1. The normalized spacial score (nSPS) is 18.7. The zero-order valence-corrected chi connectivity index (χ0v) is 22.3. The summed E-state index contributed by atoms with van der Waals surface area (Å²) in [5.74, 6) is -2.18. The molecule has 206 valence electrons. The van der Waals surface area contributed by atoms with E-state index < -0.39 is 39.8 Å². The zero-order chi connectivity index (χ0) is 27.7. The summed E-state index contributed by atoms with van der Waals surface area (Å²) in [7, 11) is 0.0790. The van der Waals surface area contributed by atoms with Gasteiger partial charge in [-0.05, 0) is 64.4 Å². The smallest absolute Gasteiger partial charge is 0.351 e. The molecule has 0 atom stereocenters. The van der Waals surface area contributed by atoms with E-state index in [4.69, 9.17) is 0 Å². The third kappa shape index (κ3) is 7.16. The molecule has 1 aromatic carbocycles. The molecule has 0 unspecified atom stereocenters. The summed E-state index contributed by atoms with van der Waals surface area (Å²) in [6.07, 6.45) is -0.164. The van der Waals surface area contributed by atoms with Gasteiger partial charge in [0.25, 0.3) is 0 Å². The van der Waals surface area contributed by atoms with Gasteiger partial charge in [-0.15, -0.1) is 0 Å². The second kappa shape index (κ2) is 11.1. The van der Waals surface area contributed by atoms with Crippen molar-refractivity contribution in [2.75, 3.05) is 25.2 Å². The van der Waals surface area contributed by atoms with E-state index in [2.05, 4.69) is 39.3 Å². The number of halogens is 4. The highest BCUT2D eigenvalue weighted by atomic mass is 32.2. The van der Waals surface area contributed by atoms with Crippen molar-refractivity contribution in [3.8, 4) is 11.3 Å². The molecular weight excluding hydrogens is 522 g/mol. The largest absolute Gasteiger partial charge is 0.390 e. The van der Waals surface area contributed by atoms with Crippen LogP contribution in [0.25, 0.3) is 22.3 Å². The fraction of sp³-hybridized carbons (Fsp3) is 0.500. The van der Waals surface area contributed by atoms with Gasteiger partial charge in [-0.1, -0.05) is 12.1 Å². The van der Waals surface area contributed by atoms with Crippen molar-refractivity contribution in [2.45, 2.75) is 63.0 Å². The van der Waals surface area contributed by atoms with Gasteiger partial charge in [-0.2, -0.15) is 13.2 Å². The lowest BCUT2D eigenvalue weighted by Gasteiger charge is -2.32. The maximum Gasteiger partial charge on any atom is 0.390 e. The van der Waals surface area contributed by atoms with Crippen LogP contribution in [0.15, 0.2) is 30.5 Å². The maximum atomic E-state index is 14.7. The van der Waals surface area contributed by atoms with E-state index in [-0.39, 0.29) is 5.56 Å². The van der Waals surface area contributed by atoms with Gasteiger partial charge in [-0.25, -0.2) is 27.8 Å². The zero-order valence-electron chi connectivity index (χ0n) is 21.5. The Balaban J connectivity index is 1.49. The first-order valence-corrected chi connectivity index (χ1v) is 14.2. The lowest BCUT2D eigenvalue weighted by molar-refractivity contribution is -0.129. The van der Waals surface area contributed by atoms with E-state index in [1.165, 1.54) is 12.1 Å². The Bertz CT molecular complexity index is 1400. The minimum atomic E-state index is -4.60. The van der Waals surface area contributed by atoms with Gasteiger partial charge in [0.1, 0.15) is 11.3 Å². The maximum absolute atomic E-state index is 14.7. The van der Waals surface area contributed by atoms with E-state index in [1.54, 1.807) is 12.3 Å². The molecule has 1 aliphatic carbocycles. The molecule has 7 nitrogen and oxygen atoms in total. The van der Waals surface area contributed by atoms with E-state index in [1.807, 2.05) is 6.92 Å². The topological polar surface area (TPSA) is 88.1 Å². The van der Waals surface area contributed by atoms with Crippen molar-refractivity contribution >= 4 is 26.8 Å². The highest BCUT2D eigenvalue weighted by Crippen LogP contribution is 2.28. The Morgan fingerprint density at radius 1 is 1.08 bits per heavy atom. The molecule has 12 heteroatoms. The summed E-state index contributed by atoms with van der Waals surface area (Å²) in [6.45, 7) is 1.87. The number of pyridine rings is 1. The molecule has 1 saturated carbocycles. The number of benzene rings is 1. The lowest BCUT2D eigenvalue weighted by Crippen LogP contribution is -2.36. The van der Waals surface area contributed by atoms with Crippen molar-refractivity contribution in [2.24, 2.45) is 0 Å². The SMILES string of the molecule is Cc1cc(-c2ccc(CS(=O)(=O)CCC(F)(F)F)c(F)c2)nc2cnc(NC3CCC(N(C)C)CC3)nc12. The van der Waals surface area contributed by atoms with Crippen LogP contribution in [0.1, 0.15) is 43.2 Å². The number of sulfone groups is 1. The van der Waals surface area contributed by atoms with Gasteiger partial charge in [0.05, 0.1) is 35.3 Å². The number of hydrogen-bond acceptors (Lipinski definition) is 7. The summed E-state index contributed by atoms with van der Waals surface area (Å²) < 4.78 is 76.0. The third-order valence-corrected chi connectivity index (χ3v) is 8.50. The first kappa shape index (κ1) is 28.2. The highest BCUT2D eigenvalue weighted by molar-refractivity contribution is 7.90. The minimum Gasteiger partial charge on any atom is -0.351 e. The summed E-state index contributed by atoms with van der Waals surface area (Å²) in [5, 5.41) is 3.43. The van der Waals surface area contributed by atoms with E-state index in [9.17, 15) is 26.0 Å². The number of fused-ring (bicyclic) bond motifs is 1. The average Bonchev–Trinajstić information content (AvgIpc) is 2.84. The van der Waals surface area contributed by atoms with Crippen molar-refractivity contribution in [1.82, 2.24) is 19.9 Å². The third-order valence-electron chi connectivity index (χ3n) is 6.92. The second-order valence-corrected chi connectivity index (χ2v) is 12.3. The van der Waals surface area contributed by atoms with Crippen molar-refractivity contribution in [3.63, 3.8) is 0 Å².